The summed E-state index contributed by atoms with van der Waals surface area (Å²) in [4.78, 5) is 19.3. The van der Waals surface area contributed by atoms with Crippen LogP contribution < -0.4 is 15.0 Å². The fourth-order valence-corrected chi connectivity index (χ4v) is 4.78. The third kappa shape index (κ3) is 7.86. The van der Waals surface area contributed by atoms with E-state index in [1.54, 1.807) is 19.2 Å². The number of nitrogens with one attached hydrogen (secondary N) is 1. The highest BCUT2D eigenvalue weighted by Crippen LogP contribution is 2.22. The molecule has 2 aromatic carbocycles. The van der Waals surface area contributed by atoms with E-state index in [0.29, 0.717) is 31.3 Å². The van der Waals surface area contributed by atoms with Gasteiger partial charge in [0.25, 0.3) is 0 Å². The van der Waals surface area contributed by atoms with Crippen LogP contribution in [0.1, 0.15) is 25.8 Å². The van der Waals surface area contributed by atoms with Crippen molar-refractivity contribution in [2.75, 3.05) is 44.7 Å². The van der Waals surface area contributed by atoms with Gasteiger partial charge in [-0.2, -0.15) is 0 Å². The Morgan fingerprint density at radius 2 is 1.77 bits per heavy atom. The molecule has 10 heteroatoms. The molecule has 1 aliphatic heterocycles. The average molecular weight is 551 g/mol. The highest BCUT2D eigenvalue weighted by molar-refractivity contribution is 7.80. The molecule has 0 saturated carbocycles. The second-order valence-corrected chi connectivity index (χ2v) is 10.2. The molecule has 1 aromatic heterocycles. The van der Waals surface area contributed by atoms with Crippen LogP contribution in [-0.2, 0) is 11.3 Å². The van der Waals surface area contributed by atoms with Crippen molar-refractivity contribution < 1.29 is 13.9 Å². The van der Waals surface area contributed by atoms with Crippen molar-refractivity contribution in [1.82, 2.24) is 25.3 Å². The summed E-state index contributed by atoms with van der Waals surface area (Å²) in [5.74, 6) is 1.30. The summed E-state index contributed by atoms with van der Waals surface area (Å²) in [5.41, 5.74) is 2.65. The number of hydrogen-bond donors (Lipinski definition) is 1. The third-order valence-corrected chi connectivity index (χ3v) is 6.90. The molecule has 1 fully saturated rings. The minimum absolute atomic E-state index is 0.00723. The normalized spacial score (nSPS) is 13.7. The lowest BCUT2D eigenvalue weighted by Gasteiger charge is -2.30. The van der Waals surface area contributed by atoms with E-state index in [2.05, 4.69) is 20.4 Å². The number of hydrogen-bond acceptors (Lipinski definition) is 6. The molecule has 2 heterocycles. The van der Waals surface area contributed by atoms with Crippen molar-refractivity contribution in [2.45, 2.75) is 32.9 Å². The van der Waals surface area contributed by atoms with Crippen LogP contribution >= 0.6 is 12.2 Å². The van der Waals surface area contributed by atoms with Crippen LogP contribution in [-0.4, -0.2) is 76.9 Å². The average Bonchev–Trinajstić information content (AvgIpc) is 3.20. The number of carbonyl (C=O) groups excluding carboxylic acids is 1. The fraction of sp³-hybridized carbons (Fsp3) is 0.379. The molecular weight excluding hydrogens is 515 g/mol. The molecule has 0 spiro atoms. The van der Waals surface area contributed by atoms with E-state index < -0.39 is 0 Å². The summed E-state index contributed by atoms with van der Waals surface area (Å²) in [5, 5.41) is 12.6. The Morgan fingerprint density at radius 3 is 2.41 bits per heavy atom. The first kappa shape index (κ1) is 28.2. The van der Waals surface area contributed by atoms with Gasteiger partial charge in [0.1, 0.15) is 11.6 Å². The summed E-state index contributed by atoms with van der Waals surface area (Å²) < 4.78 is 18.6. The first-order chi connectivity index (χ1) is 18.8. The van der Waals surface area contributed by atoms with Crippen molar-refractivity contribution in [3.63, 3.8) is 0 Å². The highest BCUT2D eigenvalue weighted by Gasteiger charge is 2.23. The van der Waals surface area contributed by atoms with E-state index in [1.165, 1.54) is 12.1 Å². The summed E-state index contributed by atoms with van der Waals surface area (Å²) in [6, 6.07) is 18.1. The molecule has 0 bridgehead atoms. The van der Waals surface area contributed by atoms with Gasteiger partial charge in [-0.15, -0.1) is 10.2 Å². The van der Waals surface area contributed by atoms with Crippen LogP contribution in [0.15, 0.2) is 60.7 Å². The Balaban J connectivity index is 1.37. The van der Waals surface area contributed by atoms with Crippen molar-refractivity contribution in [3.8, 4) is 17.0 Å². The Hall–Kier alpha value is -3.79. The third-order valence-electron chi connectivity index (χ3n) is 6.52. The van der Waals surface area contributed by atoms with Gasteiger partial charge in [-0.1, -0.05) is 12.1 Å². The van der Waals surface area contributed by atoms with Crippen LogP contribution in [0.4, 0.5) is 10.2 Å². The van der Waals surface area contributed by atoms with Crippen molar-refractivity contribution >= 4 is 29.1 Å². The maximum absolute atomic E-state index is 13.4. The number of ether oxygens (including phenoxy) is 1. The molecule has 1 N–H and O–H groups in total. The quantitative estimate of drug-likeness (QED) is 0.420. The maximum atomic E-state index is 13.4. The fourth-order valence-electron chi connectivity index (χ4n) is 4.42. The number of carbonyl (C=O) groups is 1. The van der Waals surface area contributed by atoms with Gasteiger partial charge in [-0.3, -0.25) is 4.79 Å². The van der Waals surface area contributed by atoms with Crippen molar-refractivity contribution in [2.24, 2.45) is 0 Å². The lowest BCUT2D eigenvalue weighted by molar-refractivity contribution is -0.131. The van der Waals surface area contributed by atoms with Gasteiger partial charge in [0, 0.05) is 44.3 Å². The Kier molecular flexibility index (Phi) is 9.64. The number of aromatic nitrogens is 2. The zero-order valence-corrected chi connectivity index (χ0v) is 23.5. The molecule has 0 radical (unpaired) electrons. The summed E-state index contributed by atoms with van der Waals surface area (Å²) in [7, 11) is 1.64. The van der Waals surface area contributed by atoms with E-state index in [9.17, 15) is 9.18 Å². The second kappa shape index (κ2) is 13.3. The van der Waals surface area contributed by atoms with Gasteiger partial charge in [-0.05, 0) is 86.6 Å². The summed E-state index contributed by atoms with van der Waals surface area (Å²) >= 11 is 5.60. The first-order valence-electron chi connectivity index (χ1n) is 13.1. The Morgan fingerprint density at radius 1 is 1.03 bits per heavy atom. The van der Waals surface area contributed by atoms with Gasteiger partial charge < -0.3 is 24.8 Å². The van der Waals surface area contributed by atoms with E-state index >= 15 is 0 Å². The predicted octanol–water partition coefficient (Wildman–Crippen LogP) is 4.12. The predicted molar refractivity (Wildman–Crippen MR) is 155 cm³/mol. The van der Waals surface area contributed by atoms with E-state index in [0.717, 1.165) is 41.4 Å². The Bertz CT molecular complexity index is 1240. The van der Waals surface area contributed by atoms with E-state index in [1.807, 2.05) is 60.0 Å². The SMILES string of the molecule is COc1ccc(-c2ccc(N3CCCN(C(=O)CN(Cc4ccc(F)cc4)C(=S)NC(C)C)CC3)nn2)cc1. The van der Waals surface area contributed by atoms with Crippen molar-refractivity contribution in [3.05, 3.63) is 72.0 Å². The van der Waals surface area contributed by atoms with Gasteiger partial charge in [-0.25, -0.2) is 4.39 Å². The number of anilines is 1. The largest absolute Gasteiger partial charge is 0.497 e. The van der Waals surface area contributed by atoms with E-state index in [-0.39, 0.29) is 24.3 Å². The van der Waals surface area contributed by atoms with Crippen LogP contribution in [0.3, 0.4) is 0 Å². The zero-order chi connectivity index (χ0) is 27.8. The second-order valence-electron chi connectivity index (χ2n) is 9.81. The molecule has 1 saturated heterocycles. The number of benzene rings is 2. The molecular formula is C29H35FN6O2S. The van der Waals surface area contributed by atoms with Crippen LogP contribution in [0, 0.1) is 5.82 Å². The summed E-state index contributed by atoms with van der Waals surface area (Å²) in [6.45, 7) is 7.24. The number of nitrogens with zero attached hydrogens (tertiary/aromatic N) is 5. The molecule has 1 amide bonds. The minimum Gasteiger partial charge on any atom is -0.497 e. The molecule has 3 aromatic rings. The van der Waals surface area contributed by atoms with Gasteiger partial charge >= 0.3 is 0 Å². The Labute approximate surface area is 234 Å². The van der Waals surface area contributed by atoms with Crippen LogP contribution in [0.2, 0.25) is 0 Å². The number of thiocarbonyl (C=S) groups is 1. The number of methoxy groups -OCH3 is 1. The van der Waals surface area contributed by atoms with Crippen LogP contribution in [0.25, 0.3) is 11.3 Å². The molecule has 206 valence electrons. The van der Waals surface area contributed by atoms with E-state index in [4.69, 9.17) is 17.0 Å². The van der Waals surface area contributed by atoms with Gasteiger partial charge in [0.15, 0.2) is 10.9 Å². The minimum atomic E-state index is -0.293. The first-order valence-corrected chi connectivity index (χ1v) is 13.5. The lowest BCUT2D eigenvalue weighted by atomic mass is 10.1. The molecule has 4 rings (SSSR count). The highest BCUT2D eigenvalue weighted by atomic mass is 32.1. The molecule has 8 nitrogen and oxygen atoms in total. The summed E-state index contributed by atoms with van der Waals surface area (Å²) in [6.07, 6.45) is 0.820. The van der Waals surface area contributed by atoms with Crippen LogP contribution in [0.5, 0.6) is 5.75 Å². The zero-order valence-electron chi connectivity index (χ0n) is 22.6. The molecule has 0 aliphatic carbocycles. The number of rotatable bonds is 8. The standard InChI is InChI=1S/C29H35FN6O2S/c1-21(2)31-29(39)36(19-22-5-9-24(30)10-6-22)20-28(37)35-16-4-15-34(17-18-35)27-14-13-26(32-33-27)23-7-11-25(38-3)12-8-23/h5-14,21H,4,15-20H2,1-3H3,(H,31,39). The lowest BCUT2D eigenvalue weighted by Crippen LogP contribution is -2.48. The smallest absolute Gasteiger partial charge is 0.242 e. The number of amides is 1. The molecule has 39 heavy (non-hydrogen) atoms. The topological polar surface area (TPSA) is 73.8 Å². The number of halogens is 1. The molecule has 1 aliphatic rings. The van der Waals surface area contributed by atoms with Gasteiger partial charge in [0.2, 0.25) is 5.91 Å². The van der Waals surface area contributed by atoms with Crippen molar-refractivity contribution in [1.29, 1.82) is 0 Å². The monoisotopic (exact) mass is 550 g/mol. The maximum Gasteiger partial charge on any atom is 0.242 e. The molecule has 0 atom stereocenters. The van der Waals surface area contributed by atoms with Gasteiger partial charge in [0.05, 0.1) is 19.3 Å². The molecule has 0 unspecified atom stereocenters.